The minimum Gasteiger partial charge on any atom is -0.493 e. The zero-order valence-corrected chi connectivity index (χ0v) is 20.4. The minimum absolute atomic E-state index is 0.00203. The molecule has 0 bridgehead atoms. The number of ether oxygens (including phenoxy) is 2. The zero-order valence-electron chi connectivity index (χ0n) is 20.4. The van der Waals surface area contributed by atoms with Gasteiger partial charge in [0.2, 0.25) is 0 Å². The molecule has 3 aromatic rings. The SMILES string of the molecule is CC(C)COc1ccc(C(=O)N/C(=C\c2ccccc2)C(=O)NCC(=O)OCc2ccccc2)cc1. The fourth-order valence-corrected chi connectivity index (χ4v) is 3.07. The molecule has 0 saturated heterocycles. The fourth-order valence-electron chi connectivity index (χ4n) is 3.07. The Balaban J connectivity index is 1.63. The molecule has 2 amide bonds. The Morgan fingerprint density at radius 1 is 0.861 bits per heavy atom. The summed E-state index contributed by atoms with van der Waals surface area (Å²) in [5.74, 6) is -0.621. The highest BCUT2D eigenvalue weighted by Gasteiger charge is 2.16. The van der Waals surface area contributed by atoms with Gasteiger partial charge in [0, 0.05) is 5.56 Å². The average molecular weight is 487 g/mol. The Morgan fingerprint density at radius 2 is 1.50 bits per heavy atom. The number of carbonyl (C=O) groups excluding carboxylic acids is 3. The van der Waals surface area contributed by atoms with E-state index in [2.05, 4.69) is 24.5 Å². The molecule has 0 fully saturated rings. The number of nitrogens with one attached hydrogen (secondary N) is 2. The number of benzene rings is 3. The van der Waals surface area contributed by atoms with Crippen LogP contribution in [0.15, 0.2) is 90.6 Å². The molecular weight excluding hydrogens is 456 g/mol. The van der Waals surface area contributed by atoms with Gasteiger partial charge in [-0.05, 0) is 47.4 Å². The molecule has 7 heteroatoms. The van der Waals surface area contributed by atoms with Gasteiger partial charge in [0.1, 0.15) is 24.6 Å². The summed E-state index contributed by atoms with van der Waals surface area (Å²) < 4.78 is 10.9. The van der Waals surface area contributed by atoms with Gasteiger partial charge in [-0.1, -0.05) is 74.5 Å². The van der Waals surface area contributed by atoms with Gasteiger partial charge in [0.15, 0.2) is 0 Å². The summed E-state index contributed by atoms with van der Waals surface area (Å²) in [5, 5.41) is 5.17. The van der Waals surface area contributed by atoms with Crippen molar-refractivity contribution in [3.63, 3.8) is 0 Å². The first kappa shape index (κ1) is 26.2. The normalized spacial score (nSPS) is 11.0. The van der Waals surface area contributed by atoms with Gasteiger partial charge in [-0.15, -0.1) is 0 Å². The van der Waals surface area contributed by atoms with Crippen molar-refractivity contribution in [2.75, 3.05) is 13.2 Å². The summed E-state index contributed by atoms with van der Waals surface area (Å²) in [6, 6.07) is 25.0. The Bertz CT molecular complexity index is 1170. The lowest BCUT2D eigenvalue weighted by molar-refractivity contribution is -0.144. The fraction of sp³-hybridized carbons (Fsp3) is 0.207. The maximum absolute atomic E-state index is 12.9. The zero-order chi connectivity index (χ0) is 25.8. The van der Waals surface area contributed by atoms with Gasteiger partial charge in [0.25, 0.3) is 11.8 Å². The number of amides is 2. The molecule has 0 aliphatic carbocycles. The van der Waals surface area contributed by atoms with Crippen LogP contribution in [-0.4, -0.2) is 30.9 Å². The van der Waals surface area contributed by atoms with Crippen LogP contribution in [0.1, 0.15) is 35.3 Å². The van der Waals surface area contributed by atoms with Crippen molar-refractivity contribution in [2.24, 2.45) is 5.92 Å². The van der Waals surface area contributed by atoms with Crippen LogP contribution in [0.5, 0.6) is 5.75 Å². The molecule has 186 valence electrons. The Labute approximate surface area is 211 Å². The minimum atomic E-state index is -0.610. The molecule has 0 aliphatic heterocycles. The largest absolute Gasteiger partial charge is 0.493 e. The topological polar surface area (TPSA) is 93.7 Å². The summed E-state index contributed by atoms with van der Waals surface area (Å²) in [7, 11) is 0. The van der Waals surface area contributed by atoms with E-state index in [9.17, 15) is 14.4 Å². The van der Waals surface area contributed by atoms with E-state index in [1.807, 2.05) is 48.5 Å². The van der Waals surface area contributed by atoms with E-state index in [0.29, 0.717) is 29.4 Å². The van der Waals surface area contributed by atoms with Gasteiger partial charge in [-0.25, -0.2) is 0 Å². The summed E-state index contributed by atoms with van der Waals surface area (Å²) in [5.41, 5.74) is 1.92. The maximum Gasteiger partial charge on any atom is 0.325 e. The molecule has 0 heterocycles. The predicted octanol–water partition coefficient (Wildman–Crippen LogP) is 4.35. The molecule has 0 unspecified atom stereocenters. The van der Waals surface area contributed by atoms with Crippen molar-refractivity contribution in [3.8, 4) is 5.75 Å². The van der Waals surface area contributed by atoms with Gasteiger partial charge in [-0.3, -0.25) is 14.4 Å². The molecule has 3 aromatic carbocycles. The Hall–Kier alpha value is -4.39. The predicted molar refractivity (Wildman–Crippen MR) is 138 cm³/mol. The number of carbonyl (C=O) groups is 3. The second kappa shape index (κ2) is 13.5. The molecular formula is C29H30N2O5. The van der Waals surface area contributed by atoms with Crippen molar-refractivity contribution in [2.45, 2.75) is 20.5 Å². The second-order valence-electron chi connectivity index (χ2n) is 8.48. The molecule has 0 aromatic heterocycles. The molecule has 0 radical (unpaired) electrons. The van der Waals surface area contributed by atoms with Crippen molar-refractivity contribution in [1.82, 2.24) is 10.6 Å². The average Bonchev–Trinajstić information content (AvgIpc) is 2.90. The second-order valence-corrected chi connectivity index (χ2v) is 8.48. The standard InChI is InChI=1S/C29H30N2O5/c1-21(2)19-35-25-15-13-24(14-16-25)28(33)31-26(17-22-9-5-3-6-10-22)29(34)30-18-27(32)36-20-23-11-7-4-8-12-23/h3-17,21H,18-20H2,1-2H3,(H,30,34)(H,31,33)/b26-17-. The van der Waals surface area contributed by atoms with E-state index in [4.69, 9.17) is 9.47 Å². The highest BCUT2D eigenvalue weighted by molar-refractivity contribution is 6.05. The van der Waals surface area contributed by atoms with Crippen LogP contribution >= 0.6 is 0 Å². The van der Waals surface area contributed by atoms with Crippen molar-refractivity contribution in [1.29, 1.82) is 0 Å². The third-order valence-corrected chi connectivity index (χ3v) is 4.94. The van der Waals surface area contributed by atoms with E-state index in [1.165, 1.54) is 0 Å². The Kier molecular flexibility index (Phi) is 9.82. The van der Waals surface area contributed by atoms with Crippen molar-refractivity contribution in [3.05, 3.63) is 107 Å². The van der Waals surface area contributed by atoms with E-state index < -0.39 is 17.8 Å². The summed E-state index contributed by atoms with van der Waals surface area (Å²) in [4.78, 5) is 37.9. The van der Waals surface area contributed by atoms with E-state index >= 15 is 0 Å². The number of esters is 1. The highest BCUT2D eigenvalue weighted by atomic mass is 16.5. The first-order chi connectivity index (χ1) is 17.4. The third kappa shape index (κ3) is 8.76. The molecule has 0 atom stereocenters. The molecule has 0 spiro atoms. The van der Waals surface area contributed by atoms with Crippen LogP contribution < -0.4 is 15.4 Å². The van der Waals surface area contributed by atoms with Crippen LogP contribution in [0.4, 0.5) is 0 Å². The summed E-state index contributed by atoms with van der Waals surface area (Å²) in [6.45, 7) is 4.45. The first-order valence-corrected chi connectivity index (χ1v) is 11.7. The molecule has 3 rings (SSSR count). The van der Waals surface area contributed by atoms with E-state index in [1.54, 1.807) is 42.5 Å². The smallest absolute Gasteiger partial charge is 0.325 e. The van der Waals surface area contributed by atoms with Crippen molar-refractivity contribution >= 4 is 23.9 Å². The molecule has 7 nitrogen and oxygen atoms in total. The lowest BCUT2D eigenvalue weighted by Gasteiger charge is -2.12. The Morgan fingerprint density at radius 3 is 2.14 bits per heavy atom. The van der Waals surface area contributed by atoms with Crippen LogP contribution in [0, 0.1) is 5.92 Å². The van der Waals surface area contributed by atoms with Gasteiger partial charge in [-0.2, -0.15) is 0 Å². The van der Waals surface area contributed by atoms with Gasteiger partial charge in [0.05, 0.1) is 6.61 Å². The summed E-state index contributed by atoms with van der Waals surface area (Å²) >= 11 is 0. The third-order valence-electron chi connectivity index (χ3n) is 4.94. The molecule has 0 aliphatic rings. The molecule has 2 N–H and O–H groups in total. The van der Waals surface area contributed by atoms with Gasteiger partial charge >= 0.3 is 5.97 Å². The molecule has 36 heavy (non-hydrogen) atoms. The monoisotopic (exact) mass is 486 g/mol. The lowest BCUT2D eigenvalue weighted by Crippen LogP contribution is -2.37. The first-order valence-electron chi connectivity index (χ1n) is 11.7. The van der Waals surface area contributed by atoms with E-state index in [-0.39, 0.29) is 18.8 Å². The van der Waals surface area contributed by atoms with Crippen molar-refractivity contribution < 1.29 is 23.9 Å². The number of hydrogen-bond acceptors (Lipinski definition) is 5. The van der Waals surface area contributed by atoms with Gasteiger partial charge < -0.3 is 20.1 Å². The highest BCUT2D eigenvalue weighted by Crippen LogP contribution is 2.14. The maximum atomic E-state index is 12.9. The molecule has 0 saturated carbocycles. The lowest BCUT2D eigenvalue weighted by atomic mass is 10.1. The number of hydrogen-bond donors (Lipinski definition) is 2. The van der Waals surface area contributed by atoms with Crippen LogP contribution in [-0.2, 0) is 20.9 Å². The van der Waals surface area contributed by atoms with E-state index in [0.717, 1.165) is 5.56 Å². The van der Waals surface area contributed by atoms with Crippen LogP contribution in [0.25, 0.3) is 6.08 Å². The quantitative estimate of drug-likeness (QED) is 0.310. The summed E-state index contributed by atoms with van der Waals surface area (Å²) in [6.07, 6.45) is 1.54. The van der Waals surface area contributed by atoms with Crippen LogP contribution in [0.2, 0.25) is 0 Å². The number of rotatable bonds is 11. The van der Waals surface area contributed by atoms with Crippen LogP contribution in [0.3, 0.4) is 0 Å².